The Morgan fingerprint density at radius 2 is 1.91 bits per heavy atom. The van der Waals surface area contributed by atoms with Crippen LogP contribution < -0.4 is 20.1 Å². The highest BCUT2D eigenvalue weighted by Crippen LogP contribution is 2.34. The van der Waals surface area contributed by atoms with Crippen LogP contribution in [-0.2, 0) is 11.2 Å². The van der Waals surface area contributed by atoms with E-state index in [2.05, 4.69) is 10.6 Å². The summed E-state index contributed by atoms with van der Waals surface area (Å²) in [4.78, 5) is 35.8. The number of carbonyl (C=O) groups is 2. The Morgan fingerprint density at radius 3 is 2.56 bits per heavy atom. The van der Waals surface area contributed by atoms with Crippen molar-refractivity contribution in [2.45, 2.75) is 6.42 Å². The third-order valence-corrected chi connectivity index (χ3v) is 5.36. The van der Waals surface area contributed by atoms with Gasteiger partial charge in [0.15, 0.2) is 6.61 Å². The van der Waals surface area contributed by atoms with Gasteiger partial charge in [-0.3, -0.25) is 20.2 Å². The summed E-state index contributed by atoms with van der Waals surface area (Å²) in [5.74, 6) is 0.262. The van der Waals surface area contributed by atoms with Crippen molar-refractivity contribution in [2.24, 2.45) is 0 Å². The molecule has 0 atom stereocenters. The standard InChI is InChI=1S/C22H21N3O6S/c1-30-17-7-4-15(5-8-17)19-13-16(25(28)29)6-9-20(19)31-14-21(26)24-22(27)23-11-10-18-3-2-12-32-18/h2-9,12-13H,10-11,14H2,1H3,(H2,23,24,26,27). The van der Waals surface area contributed by atoms with E-state index in [9.17, 15) is 19.7 Å². The number of nitro benzene ring substituents is 1. The molecule has 0 unspecified atom stereocenters. The predicted octanol–water partition coefficient (Wildman–Crippen LogP) is 3.78. The van der Waals surface area contributed by atoms with Gasteiger partial charge in [-0.25, -0.2) is 4.79 Å². The van der Waals surface area contributed by atoms with Gasteiger partial charge in [0.1, 0.15) is 11.5 Å². The second kappa shape index (κ2) is 10.9. The number of thiophene rings is 1. The second-order valence-corrected chi connectivity index (χ2v) is 7.62. The van der Waals surface area contributed by atoms with E-state index in [1.165, 1.54) is 25.3 Å². The van der Waals surface area contributed by atoms with Crippen molar-refractivity contribution >= 4 is 29.0 Å². The number of amides is 3. The molecule has 0 aliphatic rings. The van der Waals surface area contributed by atoms with E-state index in [1.54, 1.807) is 35.6 Å². The summed E-state index contributed by atoms with van der Waals surface area (Å²) in [7, 11) is 1.54. The molecule has 0 spiro atoms. The summed E-state index contributed by atoms with van der Waals surface area (Å²) in [6, 6.07) is 14.2. The third-order valence-electron chi connectivity index (χ3n) is 4.42. The third kappa shape index (κ3) is 6.29. The molecular weight excluding hydrogens is 434 g/mol. The van der Waals surface area contributed by atoms with Gasteiger partial charge < -0.3 is 14.8 Å². The minimum atomic E-state index is -0.641. The van der Waals surface area contributed by atoms with E-state index in [1.807, 2.05) is 17.5 Å². The Bertz CT molecular complexity index is 1080. The van der Waals surface area contributed by atoms with Crippen LogP contribution in [0.15, 0.2) is 60.0 Å². The topological polar surface area (TPSA) is 120 Å². The lowest BCUT2D eigenvalue weighted by Gasteiger charge is -2.12. The second-order valence-electron chi connectivity index (χ2n) is 6.59. The molecule has 0 fully saturated rings. The van der Waals surface area contributed by atoms with E-state index < -0.39 is 23.5 Å². The highest BCUT2D eigenvalue weighted by Gasteiger charge is 2.15. The van der Waals surface area contributed by atoms with Crippen molar-refractivity contribution in [1.29, 1.82) is 0 Å². The Morgan fingerprint density at radius 1 is 1.12 bits per heavy atom. The zero-order valence-corrected chi connectivity index (χ0v) is 18.0. The van der Waals surface area contributed by atoms with Crippen LogP contribution in [0.4, 0.5) is 10.5 Å². The van der Waals surface area contributed by atoms with E-state index in [0.29, 0.717) is 29.8 Å². The quantitative estimate of drug-likeness (QED) is 0.374. The maximum absolute atomic E-state index is 12.1. The first-order valence-corrected chi connectivity index (χ1v) is 10.5. The molecule has 0 radical (unpaired) electrons. The first-order chi connectivity index (χ1) is 15.5. The number of methoxy groups -OCH3 is 1. The molecule has 3 amide bonds. The lowest BCUT2D eigenvalue weighted by molar-refractivity contribution is -0.384. The SMILES string of the molecule is COc1ccc(-c2cc([N+](=O)[O-])ccc2OCC(=O)NC(=O)NCCc2cccs2)cc1. The molecule has 3 rings (SSSR count). The van der Waals surface area contributed by atoms with Gasteiger partial charge in [0, 0.05) is 29.1 Å². The van der Waals surface area contributed by atoms with Crippen LogP contribution in [0, 0.1) is 10.1 Å². The molecular formula is C22H21N3O6S. The van der Waals surface area contributed by atoms with Gasteiger partial charge in [-0.1, -0.05) is 18.2 Å². The average Bonchev–Trinajstić information content (AvgIpc) is 3.31. The van der Waals surface area contributed by atoms with Gasteiger partial charge in [-0.15, -0.1) is 11.3 Å². The van der Waals surface area contributed by atoms with Crippen molar-refractivity contribution in [2.75, 3.05) is 20.3 Å². The average molecular weight is 455 g/mol. The Balaban J connectivity index is 1.61. The minimum Gasteiger partial charge on any atom is -0.497 e. The molecule has 1 heterocycles. The highest BCUT2D eigenvalue weighted by molar-refractivity contribution is 7.09. The van der Waals surface area contributed by atoms with Crippen molar-refractivity contribution in [3.63, 3.8) is 0 Å². The molecule has 2 N–H and O–H groups in total. The van der Waals surface area contributed by atoms with Crippen LogP contribution in [0.5, 0.6) is 11.5 Å². The summed E-state index contributed by atoms with van der Waals surface area (Å²) >= 11 is 1.59. The van der Waals surface area contributed by atoms with E-state index in [4.69, 9.17) is 9.47 Å². The number of nitrogens with one attached hydrogen (secondary N) is 2. The fourth-order valence-electron chi connectivity index (χ4n) is 2.86. The fraction of sp³-hybridized carbons (Fsp3) is 0.182. The van der Waals surface area contributed by atoms with Crippen molar-refractivity contribution in [3.8, 4) is 22.6 Å². The number of imide groups is 1. The van der Waals surface area contributed by atoms with Crippen molar-refractivity contribution < 1.29 is 24.0 Å². The first kappa shape index (κ1) is 22.8. The van der Waals surface area contributed by atoms with Gasteiger partial charge in [0.2, 0.25) is 0 Å². The number of nitro groups is 1. The molecule has 166 valence electrons. The van der Waals surface area contributed by atoms with Gasteiger partial charge in [0.25, 0.3) is 11.6 Å². The molecule has 1 aromatic heterocycles. The van der Waals surface area contributed by atoms with Crippen molar-refractivity contribution in [1.82, 2.24) is 10.6 Å². The molecule has 2 aromatic carbocycles. The maximum Gasteiger partial charge on any atom is 0.321 e. The Labute approximate surface area is 188 Å². The monoisotopic (exact) mass is 455 g/mol. The van der Waals surface area contributed by atoms with Crippen LogP contribution in [-0.4, -0.2) is 37.1 Å². The van der Waals surface area contributed by atoms with Crippen LogP contribution in [0.2, 0.25) is 0 Å². The number of hydrogen-bond donors (Lipinski definition) is 2. The van der Waals surface area contributed by atoms with Crippen LogP contribution in [0.25, 0.3) is 11.1 Å². The summed E-state index contributed by atoms with van der Waals surface area (Å²) in [5, 5.41) is 17.9. The molecule has 32 heavy (non-hydrogen) atoms. The molecule has 0 aliphatic carbocycles. The van der Waals surface area contributed by atoms with E-state index >= 15 is 0 Å². The number of rotatable bonds is 9. The van der Waals surface area contributed by atoms with E-state index in [-0.39, 0.29) is 11.4 Å². The molecule has 0 aliphatic heterocycles. The Hall–Kier alpha value is -3.92. The van der Waals surface area contributed by atoms with Crippen LogP contribution in [0.1, 0.15) is 4.88 Å². The van der Waals surface area contributed by atoms with Gasteiger partial charge in [-0.05, 0) is 41.6 Å². The predicted molar refractivity (Wildman–Crippen MR) is 120 cm³/mol. The number of ether oxygens (including phenoxy) is 2. The van der Waals surface area contributed by atoms with Crippen LogP contribution in [0.3, 0.4) is 0 Å². The molecule has 9 nitrogen and oxygen atoms in total. The van der Waals surface area contributed by atoms with Gasteiger partial charge >= 0.3 is 6.03 Å². The number of carbonyl (C=O) groups excluding carboxylic acids is 2. The molecule has 10 heteroatoms. The summed E-state index contributed by atoms with van der Waals surface area (Å²) < 4.78 is 10.7. The smallest absolute Gasteiger partial charge is 0.321 e. The lowest BCUT2D eigenvalue weighted by Crippen LogP contribution is -2.42. The largest absolute Gasteiger partial charge is 0.497 e. The number of urea groups is 1. The van der Waals surface area contributed by atoms with Gasteiger partial charge in [-0.2, -0.15) is 0 Å². The zero-order chi connectivity index (χ0) is 22.9. The molecule has 0 saturated carbocycles. The lowest BCUT2D eigenvalue weighted by atomic mass is 10.0. The number of hydrogen-bond acceptors (Lipinski definition) is 7. The first-order valence-electron chi connectivity index (χ1n) is 9.62. The highest BCUT2D eigenvalue weighted by atomic mass is 32.1. The van der Waals surface area contributed by atoms with Crippen molar-refractivity contribution in [3.05, 3.63) is 75.0 Å². The number of benzene rings is 2. The summed E-state index contributed by atoms with van der Waals surface area (Å²) in [6.45, 7) is -0.0379. The van der Waals surface area contributed by atoms with Gasteiger partial charge in [0.05, 0.1) is 12.0 Å². The zero-order valence-electron chi connectivity index (χ0n) is 17.2. The molecule has 3 aromatic rings. The van der Waals surface area contributed by atoms with E-state index in [0.717, 1.165) is 4.88 Å². The summed E-state index contributed by atoms with van der Waals surface area (Å²) in [5.41, 5.74) is 0.976. The molecule has 0 saturated heterocycles. The maximum atomic E-state index is 12.1. The number of non-ortho nitro benzene ring substituents is 1. The normalized spacial score (nSPS) is 10.3. The number of nitrogens with zero attached hydrogens (tertiary/aromatic N) is 1. The minimum absolute atomic E-state index is 0.113. The Kier molecular flexibility index (Phi) is 7.76. The fourth-order valence-corrected chi connectivity index (χ4v) is 3.57. The molecule has 0 bridgehead atoms. The van der Waals surface area contributed by atoms with Crippen LogP contribution >= 0.6 is 11.3 Å². The summed E-state index contributed by atoms with van der Waals surface area (Å²) in [6.07, 6.45) is 0.670.